The third kappa shape index (κ3) is 5.34. The van der Waals surface area contributed by atoms with Crippen LogP contribution in [0.3, 0.4) is 0 Å². The molecule has 1 heterocycles. The van der Waals surface area contributed by atoms with Gasteiger partial charge in [-0.15, -0.1) is 0 Å². The Labute approximate surface area is 173 Å². The lowest BCUT2D eigenvalue weighted by atomic mass is 10.2. The van der Waals surface area contributed by atoms with Crippen LogP contribution in [-0.2, 0) is 4.79 Å². The number of carbonyl (C=O) groups is 1. The van der Waals surface area contributed by atoms with Gasteiger partial charge >= 0.3 is 0 Å². The highest BCUT2D eigenvalue weighted by Crippen LogP contribution is 2.31. The molecule has 2 aromatic rings. The molecule has 0 unspecified atom stereocenters. The highest BCUT2D eigenvalue weighted by atomic mass is 16.5. The lowest BCUT2D eigenvalue weighted by Crippen LogP contribution is -2.52. The molecule has 2 aromatic carbocycles. The SMILES string of the molecule is CCOc1ccc(N[C@@H](C)C(=O)N2CCN(c3ccccc3)CC2)cc1OCC. The van der Waals surface area contributed by atoms with Gasteiger partial charge in [-0.1, -0.05) is 18.2 Å². The number of anilines is 2. The molecule has 1 saturated heterocycles. The number of amides is 1. The molecule has 3 rings (SSSR count). The van der Waals surface area contributed by atoms with Gasteiger partial charge in [-0.3, -0.25) is 4.79 Å². The van der Waals surface area contributed by atoms with E-state index in [0.717, 1.165) is 37.6 Å². The Balaban J connectivity index is 1.57. The maximum absolute atomic E-state index is 12.9. The van der Waals surface area contributed by atoms with Crippen LogP contribution in [0.1, 0.15) is 20.8 Å². The molecule has 0 spiro atoms. The molecule has 0 aliphatic carbocycles. The Kier molecular flexibility index (Phi) is 7.22. The summed E-state index contributed by atoms with van der Waals surface area (Å²) in [5.41, 5.74) is 2.06. The number of nitrogens with zero attached hydrogens (tertiary/aromatic N) is 2. The van der Waals surface area contributed by atoms with Crippen LogP contribution in [0.5, 0.6) is 11.5 Å². The molecular formula is C23H31N3O3. The van der Waals surface area contributed by atoms with Crippen LogP contribution in [0.2, 0.25) is 0 Å². The normalized spacial score (nSPS) is 15.0. The highest BCUT2D eigenvalue weighted by Gasteiger charge is 2.25. The Morgan fingerprint density at radius 2 is 1.62 bits per heavy atom. The molecule has 156 valence electrons. The van der Waals surface area contributed by atoms with E-state index in [1.807, 2.05) is 62.1 Å². The van der Waals surface area contributed by atoms with Gasteiger partial charge in [-0.2, -0.15) is 0 Å². The number of carbonyl (C=O) groups excluding carboxylic acids is 1. The molecule has 0 aromatic heterocycles. The third-order valence-corrected chi connectivity index (χ3v) is 5.01. The summed E-state index contributed by atoms with van der Waals surface area (Å²) in [6.07, 6.45) is 0. The second-order valence-corrected chi connectivity index (χ2v) is 7.04. The van der Waals surface area contributed by atoms with E-state index in [4.69, 9.17) is 9.47 Å². The molecule has 0 saturated carbocycles. The van der Waals surface area contributed by atoms with Crippen LogP contribution in [0.15, 0.2) is 48.5 Å². The summed E-state index contributed by atoms with van der Waals surface area (Å²) in [5.74, 6) is 1.52. The monoisotopic (exact) mass is 397 g/mol. The van der Waals surface area contributed by atoms with Crippen molar-refractivity contribution in [1.29, 1.82) is 0 Å². The highest BCUT2D eigenvalue weighted by molar-refractivity contribution is 5.84. The average molecular weight is 398 g/mol. The number of benzene rings is 2. The van der Waals surface area contributed by atoms with Gasteiger partial charge in [0.2, 0.25) is 5.91 Å². The minimum atomic E-state index is -0.314. The Hall–Kier alpha value is -2.89. The molecule has 0 radical (unpaired) electrons. The van der Waals surface area contributed by atoms with Crippen molar-refractivity contribution in [3.05, 3.63) is 48.5 Å². The number of para-hydroxylation sites is 1. The van der Waals surface area contributed by atoms with Crippen molar-refractivity contribution in [2.24, 2.45) is 0 Å². The quantitative estimate of drug-likeness (QED) is 0.737. The van der Waals surface area contributed by atoms with Gasteiger partial charge in [0.25, 0.3) is 0 Å². The fourth-order valence-electron chi connectivity index (χ4n) is 3.55. The first-order valence-corrected chi connectivity index (χ1v) is 10.4. The minimum Gasteiger partial charge on any atom is -0.490 e. The number of rotatable bonds is 8. The van der Waals surface area contributed by atoms with E-state index in [1.54, 1.807) is 0 Å². The molecule has 0 bridgehead atoms. The van der Waals surface area contributed by atoms with E-state index >= 15 is 0 Å². The molecule has 1 N–H and O–H groups in total. The van der Waals surface area contributed by atoms with Gasteiger partial charge in [-0.05, 0) is 45.0 Å². The van der Waals surface area contributed by atoms with Crippen LogP contribution >= 0.6 is 0 Å². The first-order chi connectivity index (χ1) is 14.1. The largest absolute Gasteiger partial charge is 0.490 e. The van der Waals surface area contributed by atoms with Crippen LogP contribution in [-0.4, -0.2) is 56.2 Å². The maximum Gasteiger partial charge on any atom is 0.244 e. The number of piperazine rings is 1. The number of hydrogen-bond acceptors (Lipinski definition) is 5. The molecule has 29 heavy (non-hydrogen) atoms. The molecule has 6 heteroatoms. The van der Waals surface area contributed by atoms with Gasteiger partial charge in [0.05, 0.1) is 13.2 Å². The van der Waals surface area contributed by atoms with Crippen LogP contribution in [0, 0.1) is 0 Å². The number of ether oxygens (including phenoxy) is 2. The molecule has 1 aliphatic heterocycles. The van der Waals surface area contributed by atoms with Crippen molar-refractivity contribution >= 4 is 17.3 Å². The van der Waals surface area contributed by atoms with Gasteiger partial charge in [0.1, 0.15) is 6.04 Å². The van der Waals surface area contributed by atoms with E-state index in [9.17, 15) is 4.79 Å². The van der Waals surface area contributed by atoms with Gasteiger partial charge in [0.15, 0.2) is 11.5 Å². The summed E-state index contributed by atoms with van der Waals surface area (Å²) in [6, 6.07) is 15.7. The summed E-state index contributed by atoms with van der Waals surface area (Å²) in [6.45, 7) is 10.1. The van der Waals surface area contributed by atoms with E-state index in [-0.39, 0.29) is 11.9 Å². The van der Waals surface area contributed by atoms with Crippen LogP contribution in [0.4, 0.5) is 11.4 Å². The smallest absolute Gasteiger partial charge is 0.244 e. The number of hydrogen-bond donors (Lipinski definition) is 1. The lowest BCUT2D eigenvalue weighted by Gasteiger charge is -2.37. The Bertz CT molecular complexity index is 789. The summed E-state index contributed by atoms with van der Waals surface area (Å²) in [4.78, 5) is 17.2. The lowest BCUT2D eigenvalue weighted by molar-refractivity contribution is -0.131. The first-order valence-electron chi connectivity index (χ1n) is 10.4. The summed E-state index contributed by atoms with van der Waals surface area (Å²) < 4.78 is 11.3. The van der Waals surface area contributed by atoms with Gasteiger partial charge < -0.3 is 24.6 Å². The van der Waals surface area contributed by atoms with E-state index in [2.05, 4.69) is 22.3 Å². The van der Waals surface area contributed by atoms with E-state index < -0.39 is 0 Å². The predicted molar refractivity (Wildman–Crippen MR) is 117 cm³/mol. The van der Waals surface area contributed by atoms with Crippen molar-refractivity contribution in [2.75, 3.05) is 49.6 Å². The predicted octanol–water partition coefficient (Wildman–Crippen LogP) is 3.63. The van der Waals surface area contributed by atoms with Crippen molar-refractivity contribution in [3.63, 3.8) is 0 Å². The molecule has 1 atom stereocenters. The van der Waals surface area contributed by atoms with Crippen molar-refractivity contribution < 1.29 is 14.3 Å². The third-order valence-electron chi connectivity index (χ3n) is 5.01. The second kappa shape index (κ2) is 10.0. The fraction of sp³-hybridized carbons (Fsp3) is 0.435. The zero-order chi connectivity index (χ0) is 20.6. The van der Waals surface area contributed by atoms with Crippen molar-refractivity contribution in [1.82, 2.24) is 4.90 Å². The molecule has 1 aliphatic rings. The summed E-state index contributed by atoms with van der Waals surface area (Å²) in [5, 5.41) is 3.31. The van der Waals surface area contributed by atoms with Crippen LogP contribution in [0.25, 0.3) is 0 Å². The molecule has 1 fully saturated rings. The van der Waals surface area contributed by atoms with Gasteiger partial charge in [-0.25, -0.2) is 0 Å². The van der Waals surface area contributed by atoms with Crippen molar-refractivity contribution in [2.45, 2.75) is 26.8 Å². The summed E-state index contributed by atoms with van der Waals surface area (Å²) in [7, 11) is 0. The zero-order valence-electron chi connectivity index (χ0n) is 17.6. The fourth-order valence-corrected chi connectivity index (χ4v) is 3.55. The van der Waals surface area contributed by atoms with Crippen LogP contribution < -0.4 is 19.7 Å². The maximum atomic E-state index is 12.9. The first kappa shape index (κ1) is 20.8. The topological polar surface area (TPSA) is 54.0 Å². The minimum absolute atomic E-state index is 0.115. The molecule has 6 nitrogen and oxygen atoms in total. The van der Waals surface area contributed by atoms with Crippen molar-refractivity contribution in [3.8, 4) is 11.5 Å². The zero-order valence-corrected chi connectivity index (χ0v) is 17.6. The Morgan fingerprint density at radius 1 is 0.966 bits per heavy atom. The van der Waals surface area contributed by atoms with E-state index in [0.29, 0.717) is 19.0 Å². The Morgan fingerprint density at radius 3 is 2.28 bits per heavy atom. The summed E-state index contributed by atoms with van der Waals surface area (Å²) >= 11 is 0. The molecular weight excluding hydrogens is 366 g/mol. The van der Waals surface area contributed by atoms with Gasteiger partial charge in [0, 0.05) is 43.6 Å². The average Bonchev–Trinajstić information content (AvgIpc) is 2.76. The van der Waals surface area contributed by atoms with E-state index in [1.165, 1.54) is 5.69 Å². The standard InChI is InChI=1S/C23H31N3O3/c1-4-28-21-12-11-19(17-22(21)29-5-2)24-18(3)23(27)26-15-13-25(14-16-26)20-9-7-6-8-10-20/h6-12,17-18,24H,4-5,13-16H2,1-3H3/t18-/m0/s1. The second-order valence-electron chi connectivity index (χ2n) is 7.04. The molecule has 1 amide bonds. The number of nitrogens with one attached hydrogen (secondary N) is 1.